The highest BCUT2D eigenvalue weighted by Crippen LogP contribution is 2.43. The Labute approximate surface area is 177 Å². The molecule has 30 heavy (non-hydrogen) atoms. The lowest BCUT2D eigenvalue weighted by Crippen LogP contribution is -2.40. The van der Waals surface area contributed by atoms with E-state index >= 15 is 0 Å². The molecule has 0 atom stereocenters. The quantitative estimate of drug-likeness (QED) is 0.615. The minimum atomic E-state index is 0.102. The predicted molar refractivity (Wildman–Crippen MR) is 111 cm³/mol. The first-order chi connectivity index (χ1) is 14.6. The maximum absolute atomic E-state index is 13.1. The van der Waals surface area contributed by atoms with Gasteiger partial charge < -0.3 is 28.4 Å². The van der Waals surface area contributed by atoms with Gasteiger partial charge in [-0.3, -0.25) is 4.79 Å². The summed E-state index contributed by atoms with van der Waals surface area (Å²) in [5, 5.41) is 0. The Hall–Kier alpha value is -2.32. The summed E-state index contributed by atoms with van der Waals surface area (Å²) in [4.78, 5) is 19.6. The van der Waals surface area contributed by atoms with E-state index in [1.54, 1.807) is 20.5 Å². The number of hydrogen-bond donors (Lipinski definition) is 0. The van der Waals surface area contributed by atoms with Crippen molar-refractivity contribution >= 4 is 16.9 Å². The molecule has 0 saturated heterocycles. The second-order valence-corrected chi connectivity index (χ2v) is 8.22. The standard InChI is InChI=1S/C22H31N3O5/c1-24-12-23-19-20(24)22(30-14-28-3)16-9-18(26)25(10-15-7-5-4-6-8-15)11-17(16)21(19)29-13-27-2/h12,15H,4-11,13-14H2,1-3H3. The number of nitrogens with zero attached hydrogens (tertiary/aromatic N) is 3. The molecule has 1 aliphatic heterocycles. The Balaban J connectivity index is 1.76. The van der Waals surface area contributed by atoms with E-state index in [2.05, 4.69) is 4.98 Å². The van der Waals surface area contributed by atoms with E-state index in [0.717, 1.165) is 23.2 Å². The van der Waals surface area contributed by atoms with Crippen molar-refractivity contribution in [3.63, 3.8) is 0 Å². The fourth-order valence-electron chi connectivity index (χ4n) is 4.71. The maximum Gasteiger partial charge on any atom is 0.227 e. The normalized spacial score (nSPS) is 17.4. The largest absolute Gasteiger partial charge is 0.465 e. The smallest absolute Gasteiger partial charge is 0.227 e. The van der Waals surface area contributed by atoms with E-state index in [1.807, 2.05) is 16.5 Å². The number of amides is 1. The monoisotopic (exact) mass is 417 g/mol. The third kappa shape index (κ3) is 3.98. The molecule has 1 aromatic carbocycles. The maximum atomic E-state index is 13.1. The van der Waals surface area contributed by atoms with Crippen molar-refractivity contribution in [2.24, 2.45) is 13.0 Å². The van der Waals surface area contributed by atoms with Gasteiger partial charge >= 0.3 is 0 Å². The number of imidazole rings is 1. The summed E-state index contributed by atoms with van der Waals surface area (Å²) < 4.78 is 24.2. The lowest BCUT2D eigenvalue weighted by molar-refractivity contribution is -0.132. The Morgan fingerprint density at radius 1 is 1.03 bits per heavy atom. The van der Waals surface area contributed by atoms with Crippen LogP contribution >= 0.6 is 0 Å². The molecule has 1 aliphatic carbocycles. The topological polar surface area (TPSA) is 75.0 Å². The van der Waals surface area contributed by atoms with Crippen molar-refractivity contribution in [3.8, 4) is 11.5 Å². The van der Waals surface area contributed by atoms with Gasteiger partial charge in [-0.2, -0.15) is 0 Å². The highest BCUT2D eigenvalue weighted by atomic mass is 16.7. The fraction of sp³-hybridized carbons (Fsp3) is 0.636. The lowest BCUT2D eigenvalue weighted by atomic mass is 9.87. The Morgan fingerprint density at radius 2 is 1.73 bits per heavy atom. The van der Waals surface area contributed by atoms with Crippen LogP contribution in [0.5, 0.6) is 11.5 Å². The van der Waals surface area contributed by atoms with Crippen LogP contribution in [0.1, 0.15) is 43.2 Å². The van der Waals surface area contributed by atoms with Crippen LogP contribution in [0.3, 0.4) is 0 Å². The molecule has 0 radical (unpaired) electrons. The van der Waals surface area contributed by atoms with Crippen molar-refractivity contribution in [2.45, 2.75) is 45.1 Å². The van der Waals surface area contributed by atoms with Crippen LogP contribution in [-0.2, 0) is 34.3 Å². The number of benzene rings is 1. The minimum Gasteiger partial charge on any atom is -0.465 e. The van der Waals surface area contributed by atoms with Gasteiger partial charge in [0.15, 0.2) is 25.1 Å². The summed E-state index contributed by atoms with van der Waals surface area (Å²) in [6, 6.07) is 0. The molecule has 1 fully saturated rings. The summed E-state index contributed by atoms with van der Waals surface area (Å²) in [5.74, 6) is 2.04. The molecule has 2 aromatic rings. The second kappa shape index (κ2) is 9.22. The summed E-state index contributed by atoms with van der Waals surface area (Å²) in [7, 11) is 5.08. The zero-order valence-corrected chi connectivity index (χ0v) is 18.1. The molecule has 0 spiro atoms. The van der Waals surface area contributed by atoms with E-state index in [1.165, 1.54) is 32.1 Å². The van der Waals surface area contributed by atoms with Gasteiger partial charge in [0.2, 0.25) is 5.91 Å². The average molecular weight is 418 g/mol. The number of aryl methyl sites for hydroxylation is 1. The molecule has 4 rings (SSSR count). The summed E-state index contributed by atoms with van der Waals surface area (Å²) in [6.07, 6.45) is 8.24. The lowest BCUT2D eigenvalue weighted by Gasteiger charge is -2.34. The van der Waals surface area contributed by atoms with Crippen LogP contribution in [0.2, 0.25) is 0 Å². The molecule has 0 bridgehead atoms. The van der Waals surface area contributed by atoms with Crippen LogP contribution < -0.4 is 9.47 Å². The predicted octanol–water partition coefficient (Wildman–Crippen LogP) is 3.00. The Morgan fingerprint density at radius 3 is 2.43 bits per heavy atom. The number of ether oxygens (including phenoxy) is 4. The highest BCUT2D eigenvalue weighted by Gasteiger charge is 2.33. The average Bonchev–Trinajstić information content (AvgIpc) is 3.13. The molecular formula is C22H31N3O5. The SMILES string of the molecule is COCOc1c2c(c(OCOC)c3c1ncn3C)CC(=O)N(CC1CCCCC1)C2. The molecule has 8 nitrogen and oxygen atoms in total. The van der Waals surface area contributed by atoms with Gasteiger partial charge in [-0.25, -0.2) is 4.98 Å². The van der Waals surface area contributed by atoms with Crippen molar-refractivity contribution in [1.29, 1.82) is 0 Å². The second-order valence-electron chi connectivity index (χ2n) is 8.22. The summed E-state index contributed by atoms with van der Waals surface area (Å²) in [5.41, 5.74) is 3.33. The molecule has 1 saturated carbocycles. The van der Waals surface area contributed by atoms with Gasteiger partial charge in [0.1, 0.15) is 11.0 Å². The van der Waals surface area contributed by atoms with E-state index in [-0.39, 0.29) is 25.9 Å². The van der Waals surface area contributed by atoms with Crippen molar-refractivity contribution in [2.75, 3.05) is 34.4 Å². The number of carbonyl (C=O) groups excluding carboxylic acids is 1. The third-order valence-corrected chi connectivity index (χ3v) is 6.15. The molecule has 0 unspecified atom stereocenters. The van der Waals surface area contributed by atoms with Gasteiger partial charge in [0.25, 0.3) is 0 Å². The molecule has 1 aromatic heterocycles. The number of rotatable bonds is 8. The van der Waals surface area contributed by atoms with E-state index in [4.69, 9.17) is 18.9 Å². The van der Waals surface area contributed by atoms with E-state index in [9.17, 15) is 4.79 Å². The van der Waals surface area contributed by atoms with Gasteiger partial charge in [-0.1, -0.05) is 19.3 Å². The zero-order chi connectivity index (χ0) is 21.1. The third-order valence-electron chi connectivity index (χ3n) is 6.15. The summed E-state index contributed by atoms with van der Waals surface area (Å²) >= 11 is 0. The van der Waals surface area contributed by atoms with Gasteiger partial charge in [0, 0.05) is 45.5 Å². The van der Waals surface area contributed by atoms with Crippen LogP contribution in [-0.4, -0.2) is 54.7 Å². The van der Waals surface area contributed by atoms with Gasteiger partial charge in [-0.15, -0.1) is 0 Å². The first kappa shape index (κ1) is 20.9. The molecule has 8 heteroatoms. The molecule has 1 amide bonds. The molecular weight excluding hydrogens is 386 g/mol. The number of aromatic nitrogens is 2. The Kier molecular flexibility index (Phi) is 6.43. The number of carbonyl (C=O) groups is 1. The van der Waals surface area contributed by atoms with E-state index in [0.29, 0.717) is 29.5 Å². The first-order valence-corrected chi connectivity index (χ1v) is 10.6. The molecule has 164 valence electrons. The van der Waals surface area contributed by atoms with Crippen LogP contribution in [0.15, 0.2) is 6.33 Å². The number of methoxy groups -OCH3 is 2. The van der Waals surface area contributed by atoms with Crippen LogP contribution in [0, 0.1) is 5.92 Å². The minimum absolute atomic E-state index is 0.102. The fourth-order valence-corrected chi connectivity index (χ4v) is 4.71. The number of hydrogen-bond acceptors (Lipinski definition) is 6. The highest BCUT2D eigenvalue weighted by molar-refractivity contribution is 5.94. The van der Waals surface area contributed by atoms with Crippen molar-refractivity contribution in [1.82, 2.24) is 14.5 Å². The molecule has 2 aliphatic rings. The summed E-state index contributed by atoms with van der Waals surface area (Å²) in [6.45, 7) is 1.52. The Bertz CT molecular complexity index is 904. The van der Waals surface area contributed by atoms with Crippen molar-refractivity contribution < 1.29 is 23.7 Å². The van der Waals surface area contributed by atoms with E-state index < -0.39 is 0 Å². The number of fused-ring (bicyclic) bond motifs is 2. The first-order valence-electron chi connectivity index (χ1n) is 10.6. The van der Waals surface area contributed by atoms with Gasteiger partial charge in [-0.05, 0) is 18.8 Å². The van der Waals surface area contributed by atoms with Crippen molar-refractivity contribution in [3.05, 3.63) is 17.5 Å². The van der Waals surface area contributed by atoms with Gasteiger partial charge in [0.05, 0.1) is 12.7 Å². The molecule has 2 heterocycles. The zero-order valence-electron chi connectivity index (χ0n) is 18.1. The molecule has 0 N–H and O–H groups in total. The van der Waals surface area contributed by atoms with Crippen LogP contribution in [0.4, 0.5) is 0 Å². The van der Waals surface area contributed by atoms with Crippen LogP contribution in [0.25, 0.3) is 11.0 Å².